The van der Waals surface area contributed by atoms with Gasteiger partial charge in [0.1, 0.15) is 0 Å². The molecule has 0 aromatic carbocycles. The molecule has 12 heavy (non-hydrogen) atoms. The maximum absolute atomic E-state index is 4.33. The molecule has 0 spiro atoms. The number of hydrogen-bond acceptors (Lipinski definition) is 3. The molecule has 1 atom stereocenters. The van der Waals surface area contributed by atoms with Gasteiger partial charge in [-0.3, -0.25) is 0 Å². The van der Waals surface area contributed by atoms with Crippen LogP contribution >= 0.6 is 27.7 Å². The van der Waals surface area contributed by atoms with Gasteiger partial charge in [-0.25, -0.2) is 9.97 Å². The van der Waals surface area contributed by atoms with Crippen molar-refractivity contribution in [2.75, 3.05) is 6.26 Å². The summed E-state index contributed by atoms with van der Waals surface area (Å²) in [5.74, 6) is 0. The standard InChI is InChI=1S/C8H11BrN2S/c1-5(9)7-4-10-8(12-3)11-6(7)2/h4-5H,1-3H3. The van der Waals surface area contributed by atoms with Crippen LogP contribution in [0, 0.1) is 6.92 Å². The van der Waals surface area contributed by atoms with Gasteiger partial charge in [0.25, 0.3) is 0 Å². The summed E-state index contributed by atoms with van der Waals surface area (Å²) in [4.78, 5) is 8.86. The Kier molecular flexibility index (Phi) is 3.53. The Morgan fingerprint density at radius 1 is 1.58 bits per heavy atom. The topological polar surface area (TPSA) is 25.8 Å². The van der Waals surface area contributed by atoms with Crippen molar-refractivity contribution < 1.29 is 0 Å². The quantitative estimate of drug-likeness (QED) is 0.456. The van der Waals surface area contributed by atoms with Crippen molar-refractivity contribution >= 4 is 27.7 Å². The zero-order chi connectivity index (χ0) is 9.14. The van der Waals surface area contributed by atoms with Gasteiger partial charge in [0.05, 0.1) is 0 Å². The molecule has 0 radical (unpaired) electrons. The van der Waals surface area contributed by atoms with Crippen molar-refractivity contribution in [3.8, 4) is 0 Å². The second-order valence-corrected chi connectivity index (χ2v) is 4.66. The Morgan fingerprint density at radius 3 is 2.67 bits per heavy atom. The highest BCUT2D eigenvalue weighted by Gasteiger charge is 2.06. The lowest BCUT2D eigenvalue weighted by molar-refractivity contribution is 0.887. The molecule has 1 heterocycles. The number of hydrogen-bond donors (Lipinski definition) is 0. The van der Waals surface area contributed by atoms with Crippen LogP contribution in [-0.2, 0) is 0 Å². The Balaban J connectivity index is 3.03. The predicted molar refractivity (Wildman–Crippen MR) is 55.9 cm³/mol. The number of rotatable bonds is 2. The first-order valence-corrected chi connectivity index (χ1v) is 5.80. The zero-order valence-electron chi connectivity index (χ0n) is 7.34. The Labute approximate surface area is 85.3 Å². The Bertz CT molecular complexity index is 276. The van der Waals surface area contributed by atoms with Gasteiger partial charge in [0.2, 0.25) is 0 Å². The van der Waals surface area contributed by atoms with Gasteiger partial charge in [-0.05, 0) is 20.1 Å². The van der Waals surface area contributed by atoms with Gasteiger partial charge < -0.3 is 0 Å². The van der Waals surface area contributed by atoms with Crippen molar-refractivity contribution in [3.05, 3.63) is 17.5 Å². The molecule has 0 saturated heterocycles. The summed E-state index contributed by atoms with van der Waals surface area (Å²) in [6, 6.07) is 0. The molecule has 0 amide bonds. The maximum Gasteiger partial charge on any atom is 0.187 e. The zero-order valence-corrected chi connectivity index (χ0v) is 9.74. The van der Waals surface area contributed by atoms with Crippen LogP contribution in [0.5, 0.6) is 0 Å². The average molecular weight is 247 g/mol. The van der Waals surface area contributed by atoms with Crippen molar-refractivity contribution in [1.29, 1.82) is 0 Å². The van der Waals surface area contributed by atoms with Crippen LogP contribution in [-0.4, -0.2) is 16.2 Å². The molecular formula is C8H11BrN2S. The third-order valence-corrected chi connectivity index (χ3v) is 2.66. The van der Waals surface area contributed by atoms with Crippen LogP contribution in [0.15, 0.2) is 11.4 Å². The van der Waals surface area contributed by atoms with Crippen LogP contribution in [0.4, 0.5) is 0 Å². The van der Waals surface area contributed by atoms with Crippen LogP contribution in [0.3, 0.4) is 0 Å². The maximum atomic E-state index is 4.33. The van der Waals surface area contributed by atoms with Gasteiger partial charge in [0, 0.05) is 22.3 Å². The Morgan fingerprint density at radius 2 is 2.25 bits per heavy atom. The lowest BCUT2D eigenvalue weighted by Gasteiger charge is -2.06. The van der Waals surface area contributed by atoms with Crippen molar-refractivity contribution in [2.45, 2.75) is 23.8 Å². The van der Waals surface area contributed by atoms with E-state index >= 15 is 0 Å². The van der Waals surface area contributed by atoms with E-state index in [4.69, 9.17) is 0 Å². The first-order valence-electron chi connectivity index (χ1n) is 3.66. The summed E-state index contributed by atoms with van der Waals surface area (Å²) in [5, 5.41) is 0.837. The molecule has 1 rings (SSSR count). The van der Waals surface area contributed by atoms with Crippen LogP contribution < -0.4 is 0 Å². The minimum Gasteiger partial charge on any atom is -0.231 e. The number of alkyl halides is 1. The van der Waals surface area contributed by atoms with Gasteiger partial charge >= 0.3 is 0 Å². The summed E-state index contributed by atoms with van der Waals surface area (Å²) < 4.78 is 0. The SMILES string of the molecule is CSc1ncc(C(C)Br)c(C)n1. The largest absolute Gasteiger partial charge is 0.231 e. The minimum absolute atomic E-state index is 0.327. The molecule has 0 bridgehead atoms. The summed E-state index contributed by atoms with van der Waals surface area (Å²) in [7, 11) is 0. The molecule has 0 aliphatic heterocycles. The smallest absolute Gasteiger partial charge is 0.187 e. The fraction of sp³-hybridized carbons (Fsp3) is 0.500. The fourth-order valence-corrected chi connectivity index (χ4v) is 1.78. The molecule has 0 aliphatic carbocycles. The van der Waals surface area contributed by atoms with Crippen LogP contribution in [0.1, 0.15) is 23.0 Å². The first kappa shape index (κ1) is 9.99. The van der Waals surface area contributed by atoms with E-state index in [1.807, 2.05) is 19.4 Å². The highest BCUT2D eigenvalue weighted by atomic mass is 79.9. The van der Waals surface area contributed by atoms with E-state index in [2.05, 4.69) is 32.8 Å². The predicted octanol–water partition coefficient (Wildman–Crippen LogP) is 2.96. The van der Waals surface area contributed by atoms with E-state index in [9.17, 15) is 0 Å². The van der Waals surface area contributed by atoms with E-state index < -0.39 is 0 Å². The van der Waals surface area contributed by atoms with Crippen molar-refractivity contribution in [2.24, 2.45) is 0 Å². The van der Waals surface area contributed by atoms with Gasteiger partial charge in [-0.1, -0.05) is 27.7 Å². The highest BCUT2D eigenvalue weighted by molar-refractivity contribution is 9.09. The summed E-state index contributed by atoms with van der Waals surface area (Å²) in [6.07, 6.45) is 3.86. The monoisotopic (exact) mass is 246 g/mol. The molecule has 1 aromatic rings. The van der Waals surface area contributed by atoms with Crippen molar-refractivity contribution in [1.82, 2.24) is 9.97 Å². The van der Waals surface area contributed by atoms with E-state index in [0.717, 1.165) is 16.4 Å². The minimum atomic E-state index is 0.327. The number of nitrogens with zero attached hydrogens (tertiary/aromatic N) is 2. The molecule has 0 saturated carbocycles. The second-order valence-electron chi connectivity index (χ2n) is 2.51. The normalized spacial score (nSPS) is 13.0. The van der Waals surface area contributed by atoms with Gasteiger partial charge in [-0.2, -0.15) is 0 Å². The van der Waals surface area contributed by atoms with Gasteiger partial charge in [-0.15, -0.1) is 0 Å². The van der Waals surface area contributed by atoms with Crippen molar-refractivity contribution in [3.63, 3.8) is 0 Å². The molecule has 1 unspecified atom stereocenters. The summed E-state index contributed by atoms with van der Waals surface area (Å²) >= 11 is 5.06. The Hall–Kier alpha value is -0.0900. The summed E-state index contributed by atoms with van der Waals surface area (Å²) in [5.41, 5.74) is 2.21. The fourth-order valence-electron chi connectivity index (χ4n) is 0.944. The van der Waals surface area contributed by atoms with Crippen LogP contribution in [0.2, 0.25) is 0 Å². The molecule has 0 fully saturated rings. The molecule has 4 heteroatoms. The lowest BCUT2D eigenvalue weighted by Crippen LogP contribution is -1.96. The van der Waals surface area contributed by atoms with E-state index in [1.165, 1.54) is 0 Å². The van der Waals surface area contributed by atoms with E-state index in [0.29, 0.717) is 4.83 Å². The number of aromatic nitrogens is 2. The molecule has 66 valence electrons. The number of halogens is 1. The average Bonchev–Trinajstić information content (AvgIpc) is 2.03. The number of aryl methyl sites for hydroxylation is 1. The van der Waals surface area contributed by atoms with E-state index in [1.54, 1.807) is 11.8 Å². The highest BCUT2D eigenvalue weighted by Crippen LogP contribution is 2.23. The second kappa shape index (κ2) is 4.23. The number of thioether (sulfide) groups is 1. The lowest BCUT2D eigenvalue weighted by atomic mass is 10.2. The van der Waals surface area contributed by atoms with Crippen LogP contribution in [0.25, 0.3) is 0 Å². The molecular weight excluding hydrogens is 236 g/mol. The third kappa shape index (κ3) is 2.20. The third-order valence-electron chi connectivity index (χ3n) is 1.61. The first-order chi connectivity index (χ1) is 5.65. The molecule has 0 aliphatic rings. The van der Waals surface area contributed by atoms with E-state index in [-0.39, 0.29) is 0 Å². The molecule has 0 N–H and O–H groups in total. The van der Waals surface area contributed by atoms with Gasteiger partial charge in [0.15, 0.2) is 5.16 Å². The summed E-state index contributed by atoms with van der Waals surface area (Å²) in [6.45, 7) is 4.08. The molecule has 1 aromatic heterocycles. The molecule has 2 nitrogen and oxygen atoms in total.